The molecule has 1 aromatic heterocycles. The Morgan fingerprint density at radius 2 is 1.88 bits per heavy atom. The Labute approximate surface area is 156 Å². The third-order valence-corrected chi connectivity index (χ3v) is 5.48. The van der Waals surface area contributed by atoms with Gasteiger partial charge in [0.15, 0.2) is 5.76 Å². The highest BCUT2D eigenvalue weighted by Crippen LogP contribution is 2.25. The summed E-state index contributed by atoms with van der Waals surface area (Å²) in [6.07, 6.45) is 4.07. The Morgan fingerprint density at radius 1 is 1.19 bits per heavy atom. The van der Waals surface area contributed by atoms with Crippen molar-refractivity contribution in [3.63, 3.8) is 0 Å². The van der Waals surface area contributed by atoms with Gasteiger partial charge in [-0.2, -0.15) is 0 Å². The summed E-state index contributed by atoms with van der Waals surface area (Å²) >= 11 is 0. The monoisotopic (exact) mass is 354 g/mol. The lowest BCUT2D eigenvalue weighted by Crippen LogP contribution is -2.49. The highest BCUT2D eigenvalue weighted by molar-refractivity contribution is 5.98. The molecule has 2 aromatic rings. The summed E-state index contributed by atoms with van der Waals surface area (Å²) in [6.45, 7) is 9.69. The SMILES string of the molecule is CC1CCN([C@@H](CNC(=O)c2occc2-c2ccccc2)C(C)C)CC1. The Bertz CT molecular complexity index is 700. The molecule has 3 rings (SSSR count). The lowest BCUT2D eigenvalue weighted by Gasteiger charge is -2.38. The fourth-order valence-corrected chi connectivity index (χ4v) is 3.75. The van der Waals surface area contributed by atoms with E-state index in [4.69, 9.17) is 4.42 Å². The summed E-state index contributed by atoms with van der Waals surface area (Å²) in [5, 5.41) is 3.11. The quantitative estimate of drug-likeness (QED) is 0.834. The van der Waals surface area contributed by atoms with Crippen LogP contribution in [0.4, 0.5) is 0 Å². The van der Waals surface area contributed by atoms with Crippen LogP contribution in [0.25, 0.3) is 11.1 Å². The van der Waals surface area contributed by atoms with Gasteiger partial charge in [-0.1, -0.05) is 51.1 Å². The molecule has 0 bridgehead atoms. The van der Waals surface area contributed by atoms with Crippen LogP contribution in [-0.4, -0.2) is 36.5 Å². The van der Waals surface area contributed by atoms with E-state index in [0.29, 0.717) is 24.3 Å². The van der Waals surface area contributed by atoms with Crippen LogP contribution in [0.3, 0.4) is 0 Å². The zero-order valence-corrected chi connectivity index (χ0v) is 16.1. The van der Waals surface area contributed by atoms with Gasteiger partial charge in [-0.05, 0) is 49.4 Å². The summed E-state index contributed by atoms with van der Waals surface area (Å²) in [4.78, 5) is 15.3. The van der Waals surface area contributed by atoms with E-state index in [1.54, 1.807) is 6.26 Å². The van der Waals surface area contributed by atoms with Crippen molar-refractivity contribution < 1.29 is 9.21 Å². The van der Waals surface area contributed by atoms with Crippen LogP contribution in [-0.2, 0) is 0 Å². The third kappa shape index (κ3) is 4.36. The molecule has 26 heavy (non-hydrogen) atoms. The van der Waals surface area contributed by atoms with Crippen LogP contribution in [0.2, 0.25) is 0 Å². The van der Waals surface area contributed by atoms with Gasteiger partial charge in [0, 0.05) is 18.2 Å². The van der Waals surface area contributed by atoms with Gasteiger partial charge in [0.1, 0.15) is 0 Å². The minimum Gasteiger partial charge on any atom is -0.459 e. The molecule has 4 heteroatoms. The van der Waals surface area contributed by atoms with E-state index < -0.39 is 0 Å². The molecule has 4 nitrogen and oxygen atoms in total. The van der Waals surface area contributed by atoms with Crippen LogP contribution >= 0.6 is 0 Å². The molecule has 140 valence electrons. The maximum absolute atomic E-state index is 12.7. The molecule has 0 saturated carbocycles. The van der Waals surface area contributed by atoms with Gasteiger partial charge in [0.05, 0.1) is 6.26 Å². The minimum absolute atomic E-state index is 0.134. The van der Waals surface area contributed by atoms with Crippen LogP contribution in [0.1, 0.15) is 44.2 Å². The first-order valence-corrected chi connectivity index (χ1v) is 9.71. The van der Waals surface area contributed by atoms with Gasteiger partial charge in [0.25, 0.3) is 5.91 Å². The standard InChI is InChI=1S/C22H30N2O2/c1-16(2)20(24-12-9-17(3)10-13-24)15-23-22(25)21-19(11-14-26-21)18-7-5-4-6-8-18/h4-8,11,14,16-17,20H,9-10,12-13,15H2,1-3H3,(H,23,25)/t20-/m0/s1. The van der Waals surface area contributed by atoms with Crippen molar-refractivity contribution in [2.75, 3.05) is 19.6 Å². The highest BCUT2D eigenvalue weighted by Gasteiger charge is 2.27. The smallest absolute Gasteiger partial charge is 0.287 e. The molecule has 0 aliphatic carbocycles. The average molecular weight is 354 g/mol. The largest absolute Gasteiger partial charge is 0.459 e. The molecule has 0 spiro atoms. The van der Waals surface area contributed by atoms with E-state index >= 15 is 0 Å². The predicted octanol–water partition coefficient (Wildman–Crippen LogP) is 4.43. The zero-order chi connectivity index (χ0) is 18.5. The van der Waals surface area contributed by atoms with Crippen molar-refractivity contribution in [3.05, 3.63) is 48.4 Å². The van der Waals surface area contributed by atoms with E-state index in [-0.39, 0.29) is 5.91 Å². The summed E-state index contributed by atoms with van der Waals surface area (Å²) < 4.78 is 5.51. The topological polar surface area (TPSA) is 45.5 Å². The van der Waals surface area contributed by atoms with Crippen molar-refractivity contribution >= 4 is 5.91 Å². The van der Waals surface area contributed by atoms with Crippen LogP contribution in [0.15, 0.2) is 47.1 Å². The third-order valence-electron chi connectivity index (χ3n) is 5.48. The molecule has 1 saturated heterocycles. The van der Waals surface area contributed by atoms with E-state index in [1.807, 2.05) is 36.4 Å². The molecule has 1 atom stereocenters. The van der Waals surface area contributed by atoms with Crippen LogP contribution in [0, 0.1) is 11.8 Å². The Kier molecular flexibility index (Phi) is 6.15. The molecular formula is C22H30N2O2. The van der Waals surface area contributed by atoms with Crippen molar-refractivity contribution in [1.29, 1.82) is 0 Å². The second kappa shape index (κ2) is 8.54. The summed E-state index contributed by atoms with van der Waals surface area (Å²) in [6, 6.07) is 12.1. The van der Waals surface area contributed by atoms with Gasteiger partial charge in [-0.25, -0.2) is 0 Å². The van der Waals surface area contributed by atoms with Crippen molar-refractivity contribution in [1.82, 2.24) is 10.2 Å². The molecule has 0 radical (unpaired) electrons. The number of likely N-dealkylation sites (tertiary alicyclic amines) is 1. The van der Waals surface area contributed by atoms with E-state index in [2.05, 4.69) is 31.0 Å². The Balaban J connectivity index is 1.65. The number of carbonyl (C=O) groups excluding carboxylic acids is 1. The van der Waals surface area contributed by atoms with E-state index in [9.17, 15) is 4.79 Å². The summed E-state index contributed by atoms with van der Waals surface area (Å²) in [5.74, 6) is 1.56. The fraction of sp³-hybridized carbons (Fsp3) is 0.500. The Morgan fingerprint density at radius 3 is 2.54 bits per heavy atom. The molecule has 0 unspecified atom stereocenters. The van der Waals surface area contributed by atoms with Crippen molar-refractivity contribution in [2.45, 2.75) is 39.7 Å². The van der Waals surface area contributed by atoms with Crippen LogP contribution in [0.5, 0.6) is 0 Å². The predicted molar refractivity (Wildman–Crippen MR) is 105 cm³/mol. The lowest BCUT2D eigenvalue weighted by atomic mass is 9.94. The number of nitrogens with one attached hydrogen (secondary N) is 1. The first-order chi connectivity index (χ1) is 12.6. The number of carbonyl (C=O) groups is 1. The van der Waals surface area contributed by atoms with Gasteiger partial charge < -0.3 is 9.73 Å². The normalized spacial score (nSPS) is 17.4. The number of hydrogen-bond donors (Lipinski definition) is 1. The molecule has 1 amide bonds. The molecular weight excluding hydrogens is 324 g/mol. The maximum atomic E-state index is 12.7. The number of amides is 1. The highest BCUT2D eigenvalue weighted by atomic mass is 16.3. The zero-order valence-electron chi connectivity index (χ0n) is 16.1. The summed E-state index contributed by atoms with van der Waals surface area (Å²) in [5.41, 5.74) is 1.84. The van der Waals surface area contributed by atoms with Gasteiger partial charge in [-0.3, -0.25) is 9.69 Å². The maximum Gasteiger partial charge on any atom is 0.287 e. The van der Waals surface area contributed by atoms with E-state index in [1.165, 1.54) is 12.8 Å². The van der Waals surface area contributed by atoms with E-state index in [0.717, 1.165) is 30.1 Å². The molecule has 1 fully saturated rings. The second-order valence-electron chi connectivity index (χ2n) is 7.77. The van der Waals surface area contributed by atoms with Gasteiger partial charge in [-0.15, -0.1) is 0 Å². The number of rotatable bonds is 6. The number of benzene rings is 1. The lowest BCUT2D eigenvalue weighted by molar-refractivity contribution is 0.0841. The first-order valence-electron chi connectivity index (χ1n) is 9.71. The number of furan rings is 1. The van der Waals surface area contributed by atoms with Gasteiger partial charge in [0.2, 0.25) is 0 Å². The van der Waals surface area contributed by atoms with Crippen molar-refractivity contribution in [2.24, 2.45) is 11.8 Å². The van der Waals surface area contributed by atoms with Crippen molar-refractivity contribution in [3.8, 4) is 11.1 Å². The second-order valence-corrected chi connectivity index (χ2v) is 7.77. The molecule has 1 aliphatic heterocycles. The Hall–Kier alpha value is -2.07. The molecule has 1 N–H and O–H groups in total. The molecule has 1 aliphatic rings. The summed E-state index contributed by atoms with van der Waals surface area (Å²) in [7, 11) is 0. The first kappa shape index (κ1) is 18.7. The number of hydrogen-bond acceptors (Lipinski definition) is 3. The number of piperidine rings is 1. The molecule has 1 aromatic carbocycles. The minimum atomic E-state index is -0.134. The molecule has 2 heterocycles. The van der Waals surface area contributed by atoms with Crippen LogP contribution < -0.4 is 5.32 Å². The fourth-order valence-electron chi connectivity index (χ4n) is 3.75. The number of nitrogens with zero attached hydrogens (tertiary/aromatic N) is 1. The average Bonchev–Trinajstić information content (AvgIpc) is 3.13. The van der Waals surface area contributed by atoms with Gasteiger partial charge >= 0.3 is 0 Å².